The molecule has 1 aliphatic rings. The topological polar surface area (TPSA) is 38.5 Å². The van der Waals surface area contributed by atoms with Crippen molar-refractivity contribution in [1.29, 1.82) is 0 Å². The molecule has 0 unspecified atom stereocenters. The zero-order chi connectivity index (χ0) is 12.6. The molecular weight excluding hydrogens is 224 g/mol. The van der Waals surface area contributed by atoms with Gasteiger partial charge in [0.25, 0.3) is 0 Å². The zero-order valence-electron chi connectivity index (χ0n) is 11.1. The number of para-hydroxylation sites is 1. The summed E-state index contributed by atoms with van der Waals surface area (Å²) in [5, 5.41) is 0. The molecule has 18 heavy (non-hydrogen) atoms. The Hall–Kier alpha value is -1.06. The number of nitrogens with two attached hydrogens (primary N) is 1. The lowest BCUT2D eigenvalue weighted by Gasteiger charge is -2.37. The van der Waals surface area contributed by atoms with Gasteiger partial charge >= 0.3 is 0 Å². The highest BCUT2D eigenvalue weighted by Crippen LogP contribution is 2.24. The quantitative estimate of drug-likeness (QED) is 0.767. The zero-order valence-corrected chi connectivity index (χ0v) is 11.1. The number of rotatable bonds is 8. The van der Waals surface area contributed by atoms with Crippen molar-refractivity contribution in [2.75, 3.05) is 26.2 Å². The fraction of sp³-hybridized carbons (Fsp3) is 0.600. The molecule has 0 bridgehead atoms. The lowest BCUT2D eigenvalue weighted by Crippen LogP contribution is -2.43. The van der Waals surface area contributed by atoms with E-state index in [0.717, 1.165) is 44.5 Å². The van der Waals surface area contributed by atoms with Gasteiger partial charge in [0.2, 0.25) is 0 Å². The first-order valence-electron chi connectivity index (χ1n) is 7.02. The third kappa shape index (κ3) is 4.00. The molecule has 1 fully saturated rings. The molecule has 0 saturated heterocycles. The third-order valence-corrected chi connectivity index (χ3v) is 3.63. The van der Waals surface area contributed by atoms with Gasteiger partial charge in [0.15, 0.2) is 0 Å². The predicted octanol–water partition coefficient (Wildman–Crippen LogP) is 2.27. The van der Waals surface area contributed by atoms with E-state index in [9.17, 15) is 0 Å². The lowest BCUT2D eigenvalue weighted by atomic mass is 9.91. The Morgan fingerprint density at radius 1 is 1.17 bits per heavy atom. The van der Waals surface area contributed by atoms with Crippen molar-refractivity contribution in [3.05, 3.63) is 30.3 Å². The summed E-state index contributed by atoms with van der Waals surface area (Å²) in [6.45, 7) is 3.67. The summed E-state index contributed by atoms with van der Waals surface area (Å²) < 4.78 is 5.76. The Morgan fingerprint density at radius 2 is 1.94 bits per heavy atom. The van der Waals surface area contributed by atoms with Gasteiger partial charge in [-0.15, -0.1) is 0 Å². The average Bonchev–Trinajstić information content (AvgIpc) is 2.35. The number of ether oxygens (including phenoxy) is 1. The molecule has 2 N–H and O–H groups in total. The van der Waals surface area contributed by atoms with Crippen molar-refractivity contribution in [3.63, 3.8) is 0 Å². The highest BCUT2D eigenvalue weighted by Gasteiger charge is 2.23. The molecule has 3 heteroatoms. The average molecular weight is 248 g/mol. The Kier molecular flexibility index (Phi) is 5.49. The van der Waals surface area contributed by atoms with Crippen LogP contribution in [0.5, 0.6) is 5.75 Å². The van der Waals surface area contributed by atoms with Crippen LogP contribution in [-0.2, 0) is 0 Å². The molecule has 0 atom stereocenters. The van der Waals surface area contributed by atoms with Crippen LogP contribution in [0.4, 0.5) is 0 Å². The number of nitrogens with zero attached hydrogens (tertiary/aromatic N) is 1. The molecular formula is C15H24N2O. The maximum atomic E-state index is 5.76. The minimum atomic E-state index is 0.769. The van der Waals surface area contributed by atoms with Crippen molar-refractivity contribution in [3.8, 4) is 5.75 Å². The van der Waals surface area contributed by atoms with Gasteiger partial charge in [-0.1, -0.05) is 24.6 Å². The molecule has 1 aromatic carbocycles. The van der Waals surface area contributed by atoms with Crippen molar-refractivity contribution < 1.29 is 4.74 Å². The van der Waals surface area contributed by atoms with E-state index in [4.69, 9.17) is 10.5 Å². The molecule has 0 radical (unpaired) electrons. The third-order valence-electron chi connectivity index (χ3n) is 3.63. The van der Waals surface area contributed by atoms with Gasteiger partial charge in [-0.25, -0.2) is 0 Å². The number of hydrogen-bond donors (Lipinski definition) is 1. The van der Waals surface area contributed by atoms with Crippen LogP contribution in [0.1, 0.15) is 25.7 Å². The van der Waals surface area contributed by atoms with Crippen LogP contribution >= 0.6 is 0 Å². The molecule has 1 saturated carbocycles. The molecule has 1 aromatic rings. The van der Waals surface area contributed by atoms with Gasteiger partial charge in [-0.2, -0.15) is 0 Å². The molecule has 0 amide bonds. The van der Waals surface area contributed by atoms with Crippen molar-refractivity contribution in [1.82, 2.24) is 4.90 Å². The minimum absolute atomic E-state index is 0.769. The molecule has 0 aliphatic heterocycles. The van der Waals surface area contributed by atoms with Crippen molar-refractivity contribution >= 4 is 0 Å². The van der Waals surface area contributed by atoms with Crippen LogP contribution in [0, 0.1) is 0 Å². The van der Waals surface area contributed by atoms with E-state index in [1.807, 2.05) is 30.3 Å². The summed E-state index contributed by atoms with van der Waals surface area (Å²) >= 11 is 0. The van der Waals surface area contributed by atoms with Gasteiger partial charge in [0, 0.05) is 12.6 Å². The minimum Gasteiger partial charge on any atom is -0.492 e. The van der Waals surface area contributed by atoms with Gasteiger partial charge in [-0.3, -0.25) is 4.90 Å². The molecule has 100 valence electrons. The van der Waals surface area contributed by atoms with Crippen LogP contribution < -0.4 is 10.5 Å². The molecule has 1 aliphatic carbocycles. The molecule has 0 heterocycles. The maximum Gasteiger partial charge on any atom is 0.119 e. The highest BCUT2D eigenvalue weighted by atomic mass is 16.5. The first kappa shape index (κ1) is 13.4. The Labute approximate surface area is 110 Å². The molecule has 0 spiro atoms. The van der Waals surface area contributed by atoms with Gasteiger partial charge < -0.3 is 10.5 Å². The summed E-state index contributed by atoms with van der Waals surface area (Å²) in [7, 11) is 0. The smallest absolute Gasteiger partial charge is 0.119 e. The SMILES string of the molecule is NCCCN(CCOc1ccccc1)C1CCC1. The number of hydrogen-bond acceptors (Lipinski definition) is 3. The Balaban J connectivity index is 1.71. The van der Waals surface area contributed by atoms with E-state index in [1.165, 1.54) is 19.3 Å². The second-order valence-corrected chi connectivity index (χ2v) is 4.92. The second-order valence-electron chi connectivity index (χ2n) is 4.92. The van der Waals surface area contributed by atoms with Gasteiger partial charge in [-0.05, 0) is 44.5 Å². The second kappa shape index (κ2) is 7.39. The van der Waals surface area contributed by atoms with Crippen molar-refractivity contribution in [2.24, 2.45) is 5.73 Å². The number of benzene rings is 1. The summed E-state index contributed by atoms with van der Waals surface area (Å²) in [5.74, 6) is 0.963. The van der Waals surface area contributed by atoms with E-state index >= 15 is 0 Å². The lowest BCUT2D eigenvalue weighted by molar-refractivity contribution is 0.106. The summed E-state index contributed by atoms with van der Waals surface area (Å²) in [5.41, 5.74) is 5.60. The Morgan fingerprint density at radius 3 is 2.56 bits per heavy atom. The van der Waals surface area contributed by atoms with Crippen LogP contribution in [0.2, 0.25) is 0 Å². The molecule has 0 aromatic heterocycles. The highest BCUT2D eigenvalue weighted by molar-refractivity contribution is 5.20. The fourth-order valence-electron chi connectivity index (χ4n) is 2.32. The van der Waals surface area contributed by atoms with E-state index in [1.54, 1.807) is 0 Å². The van der Waals surface area contributed by atoms with Crippen molar-refractivity contribution in [2.45, 2.75) is 31.7 Å². The first-order valence-corrected chi connectivity index (χ1v) is 7.02. The van der Waals surface area contributed by atoms with Crippen LogP contribution in [0.15, 0.2) is 30.3 Å². The summed E-state index contributed by atoms with van der Waals surface area (Å²) in [6.07, 6.45) is 5.15. The van der Waals surface area contributed by atoms with E-state index in [-0.39, 0.29) is 0 Å². The summed E-state index contributed by atoms with van der Waals surface area (Å²) in [4.78, 5) is 2.54. The van der Waals surface area contributed by atoms with E-state index < -0.39 is 0 Å². The monoisotopic (exact) mass is 248 g/mol. The largest absolute Gasteiger partial charge is 0.492 e. The molecule has 3 nitrogen and oxygen atoms in total. The van der Waals surface area contributed by atoms with Crippen LogP contribution in [0.25, 0.3) is 0 Å². The normalized spacial score (nSPS) is 15.7. The van der Waals surface area contributed by atoms with Crippen LogP contribution in [-0.4, -0.2) is 37.2 Å². The fourth-order valence-corrected chi connectivity index (χ4v) is 2.32. The standard InChI is InChI=1S/C15H24N2O/c16-10-5-11-17(14-6-4-7-14)12-13-18-15-8-2-1-3-9-15/h1-3,8-9,14H,4-7,10-13,16H2. The van der Waals surface area contributed by atoms with Gasteiger partial charge in [0.05, 0.1) is 0 Å². The maximum absolute atomic E-state index is 5.76. The van der Waals surface area contributed by atoms with E-state index in [0.29, 0.717) is 0 Å². The van der Waals surface area contributed by atoms with E-state index in [2.05, 4.69) is 4.90 Å². The van der Waals surface area contributed by atoms with Crippen LogP contribution in [0.3, 0.4) is 0 Å². The molecule has 2 rings (SSSR count). The van der Waals surface area contributed by atoms with Gasteiger partial charge in [0.1, 0.15) is 12.4 Å². The summed E-state index contributed by atoms with van der Waals surface area (Å²) in [6, 6.07) is 10.8. The first-order chi connectivity index (χ1) is 8.90. The Bertz CT molecular complexity index is 325. The predicted molar refractivity (Wildman–Crippen MR) is 74.8 cm³/mol.